The molecule has 0 atom stereocenters. The zero-order valence-corrected chi connectivity index (χ0v) is 16.2. The number of nitrogens with zero attached hydrogens (tertiary/aromatic N) is 1. The number of pyridine rings is 1. The van der Waals surface area contributed by atoms with Crippen molar-refractivity contribution >= 4 is 24.2 Å². The van der Waals surface area contributed by atoms with Gasteiger partial charge in [-0.15, -0.1) is 0 Å². The van der Waals surface area contributed by atoms with Crippen LogP contribution in [0.2, 0.25) is 18.1 Å². The largest absolute Gasteiger partial charge is 0.541 e. The van der Waals surface area contributed by atoms with Gasteiger partial charge in [0.05, 0.1) is 0 Å². The number of rotatable bonds is 3. The summed E-state index contributed by atoms with van der Waals surface area (Å²) in [6.07, 6.45) is 3.45. The van der Waals surface area contributed by atoms with Crippen molar-refractivity contribution in [2.24, 2.45) is 0 Å². The van der Waals surface area contributed by atoms with Gasteiger partial charge in [0, 0.05) is 28.0 Å². The smallest absolute Gasteiger partial charge is 0.250 e. The Labute approximate surface area is 141 Å². The highest BCUT2D eigenvalue weighted by atomic mass is 79.9. The molecule has 1 N–H and O–H groups in total. The lowest BCUT2D eigenvalue weighted by atomic mass is 10.1. The summed E-state index contributed by atoms with van der Waals surface area (Å²) >= 11 is 3.41. The maximum atomic E-state index is 10.6. The van der Waals surface area contributed by atoms with E-state index in [1.807, 2.05) is 24.3 Å². The zero-order valence-electron chi connectivity index (χ0n) is 13.6. The summed E-state index contributed by atoms with van der Waals surface area (Å²) in [4.78, 5) is 4.16. The first-order chi connectivity index (χ1) is 10.1. The predicted octanol–water partition coefficient (Wildman–Crippen LogP) is 5.60. The van der Waals surface area contributed by atoms with E-state index >= 15 is 0 Å². The molecule has 1 aromatic heterocycles. The van der Waals surface area contributed by atoms with E-state index in [1.165, 1.54) is 0 Å². The number of aromatic hydroxyl groups is 1. The molecule has 0 saturated carbocycles. The fraction of sp³-hybridized carbons (Fsp3) is 0.353. The maximum Gasteiger partial charge on any atom is 0.250 e. The summed E-state index contributed by atoms with van der Waals surface area (Å²) in [6, 6.07) is 7.53. The molecule has 0 aliphatic rings. The third-order valence-corrected chi connectivity index (χ3v) is 8.96. The second kappa shape index (κ2) is 6.05. The molecule has 0 spiro atoms. The molecule has 118 valence electrons. The highest BCUT2D eigenvalue weighted by Gasteiger charge is 2.39. The van der Waals surface area contributed by atoms with Gasteiger partial charge in [-0.2, -0.15) is 0 Å². The third kappa shape index (κ3) is 3.52. The van der Waals surface area contributed by atoms with Crippen molar-refractivity contribution in [3.05, 3.63) is 41.1 Å². The van der Waals surface area contributed by atoms with Crippen LogP contribution in [0.3, 0.4) is 0 Å². The summed E-state index contributed by atoms with van der Waals surface area (Å²) in [7, 11) is -2.00. The van der Waals surface area contributed by atoms with Crippen molar-refractivity contribution in [2.75, 3.05) is 0 Å². The fourth-order valence-corrected chi connectivity index (χ4v) is 3.21. The first kappa shape index (κ1) is 17.0. The standard InChI is InChI=1S/C17H22BrNO2Si/c1-17(2,3)22(4,5)21-15-8-6-7-14(16(15)20)12-9-13(18)11-19-10-12/h6-11,20H,1-5H3. The van der Waals surface area contributed by atoms with Gasteiger partial charge < -0.3 is 9.53 Å². The Morgan fingerprint density at radius 2 is 1.86 bits per heavy atom. The second-order valence-corrected chi connectivity index (χ2v) is 12.5. The fourth-order valence-electron chi connectivity index (χ4n) is 1.82. The molecule has 1 aromatic carbocycles. The van der Waals surface area contributed by atoms with E-state index in [-0.39, 0.29) is 10.8 Å². The number of phenolic OH excluding ortho intramolecular Hbond substituents is 1. The quantitative estimate of drug-likeness (QED) is 0.705. The number of hydrogen-bond donors (Lipinski definition) is 1. The first-order valence-corrected chi connectivity index (χ1v) is 10.9. The molecule has 5 heteroatoms. The Hall–Kier alpha value is -1.33. The molecular formula is C17H22BrNO2Si. The number of para-hydroxylation sites is 1. The molecule has 22 heavy (non-hydrogen) atoms. The van der Waals surface area contributed by atoms with Crippen LogP contribution in [0.1, 0.15) is 20.8 Å². The molecule has 0 aliphatic heterocycles. The van der Waals surface area contributed by atoms with Crippen molar-refractivity contribution in [2.45, 2.75) is 38.9 Å². The predicted molar refractivity (Wildman–Crippen MR) is 96.9 cm³/mol. The summed E-state index contributed by atoms with van der Waals surface area (Å²) in [5.74, 6) is 0.719. The minimum atomic E-state index is -2.00. The van der Waals surface area contributed by atoms with Gasteiger partial charge in [-0.3, -0.25) is 4.98 Å². The molecular weight excluding hydrogens is 358 g/mol. The van der Waals surface area contributed by atoms with Crippen molar-refractivity contribution in [1.82, 2.24) is 4.98 Å². The Morgan fingerprint density at radius 1 is 1.18 bits per heavy atom. The van der Waals surface area contributed by atoms with Gasteiger partial charge in [0.15, 0.2) is 5.75 Å². The number of halogens is 1. The first-order valence-electron chi connectivity index (χ1n) is 7.24. The topological polar surface area (TPSA) is 42.4 Å². The summed E-state index contributed by atoms with van der Waals surface area (Å²) in [5.41, 5.74) is 1.58. The third-order valence-electron chi connectivity index (χ3n) is 4.19. The highest BCUT2D eigenvalue weighted by molar-refractivity contribution is 9.10. The molecule has 0 aliphatic carbocycles. The van der Waals surface area contributed by atoms with Gasteiger partial charge in [0.2, 0.25) is 0 Å². The molecule has 0 saturated heterocycles. The van der Waals surface area contributed by atoms with Crippen molar-refractivity contribution in [1.29, 1.82) is 0 Å². The van der Waals surface area contributed by atoms with E-state index in [9.17, 15) is 5.11 Å². The van der Waals surface area contributed by atoms with Crippen LogP contribution in [0.15, 0.2) is 41.1 Å². The van der Waals surface area contributed by atoms with Crippen LogP contribution in [0, 0.1) is 0 Å². The van der Waals surface area contributed by atoms with Crippen LogP contribution in [-0.2, 0) is 0 Å². The number of benzene rings is 1. The van der Waals surface area contributed by atoms with Gasteiger partial charge in [0.1, 0.15) is 5.75 Å². The lowest BCUT2D eigenvalue weighted by Crippen LogP contribution is -2.43. The van der Waals surface area contributed by atoms with Crippen LogP contribution in [0.4, 0.5) is 0 Å². The van der Waals surface area contributed by atoms with Crippen molar-refractivity contribution in [3.8, 4) is 22.6 Å². The molecule has 2 rings (SSSR count). The summed E-state index contributed by atoms with van der Waals surface area (Å²) < 4.78 is 7.12. The monoisotopic (exact) mass is 379 g/mol. The lowest BCUT2D eigenvalue weighted by molar-refractivity contribution is 0.423. The van der Waals surface area contributed by atoms with Crippen molar-refractivity contribution in [3.63, 3.8) is 0 Å². The van der Waals surface area contributed by atoms with Crippen molar-refractivity contribution < 1.29 is 9.53 Å². The van der Waals surface area contributed by atoms with Crippen LogP contribution in [-0.4, -0.2) is 18.4 Å². The van der Waals surface area contributed by atoms with E-state index in [0.717, 1.165) is 15.6 Å². The van der Waals surface area contributed by atoms with Gasteiger partial charge in [-0.1, -0.05) is 32.9 Å². The second-order valence-electron chi connectivity index (χ2n) is 6.91. The van der Waals surface area contributed by atoms with Gasteiger partial charge in [-0.05, 0) is 46.2 Å². The Morgan fingerprint density at radius 3 is 2.45 bits per heavy atom. The number of phenols is 1. The molecule has 0 bridgehead atoms. The van der Waals surface area contributed by atoms with Gasteiger partial charge in [-0.25, -0.2) is 0 Å². The minimum Gasteiger partial charge on any atom is -0.541 e. The highest BCUT2D eigenvalue weighted by Crippen LogP contribution is 2.42. The minimum absolute atomic E-state index is 0.0762. The molecule has 0 radical (unpaired) electrons. The lowest BCUT2D eigenvalue weighted by Gasteiger charge is -2.36. The van der Waals surface area contributed by atoms with E-state index in [4.69, 9.17) is 4.43 Å². The number of hydrogen-bond acceptors (Lipinski definition) is 3. The SMILES string of the molecule is CC(C)(C)[Si](C)(C)Oc1cccc(-c2cncc(Br)c2)c1O. The zero-order chi connectivity index (χ0) is 16.5. The van der Waals surface area contributed by atoms with E-state index in [2.05, 4.69) is 54.8 Å². The van der Waals surface area contributed by atoms with E-state index in [0.29, 0.717) is 5.75 Å². The molecule has 0 unspecified atom stereocenters. The van der Waals surface area contributed by atoms with Crippen LogP contribution < -0.4 is 4.43 Å². The molecule has 0 fully saturated rings. The van der Waals surface area contributed by atoms with Gasteiger partial charge >= 0.3 is 0 Å². The Kier molecular flexibility index (Phi) is 4.68. The number of aromatic nitrogens is 1. The summed E-state index contributed by atoms with van der Waals surface area (Å²) in [6.45, 7) is 10.9. The molecule has 0 amide bonds. The molecule has 1 heterocycles. The van der Waals surface area contributed by atoms with Crippen LogP contribution >= 0.6 is 15.9 Å². The Bertz CT molecular complexity index is 681. The van der Waals surface area contributed by atoms with Crippen LogP contribution in [0.25, 0.3) is 11.1 Å². The Balaban J connectivity index is 2.43. The van der Waals surface area contributed by atoms with E-state index < -0.39 is 8.32 Å². The van der Waals surface area contributed by atoms with Crippen LogP contribution in [0.5, 0.6) is 11.5 Å². The maximum absolute atomic E-state index is 10.6. The molecule has 2 aromatic rings. The average molecular weight is 380 g/mol. The van der Waals surface area contributed by atoms with Gasteiger partial charge in [0.25, 0.3) is 8.32 Å². The average Bonchev–Trinajstić information content (AvgIpc) is 2.39. The summed E-state index contributed by atoms with van der Waals surface area (Å²) in [5, 5.41) is 10.7. The normalized spacial score (nSPS) is 12.3. The van der Waals surface area contributed by atoms with E-state index in [1.54, 1.807) is 12.4 Å². The molecule has 3 nitrogen and oxygen atoms in total.